The number of esters is 2. The maximum absolute atomic E-state index is 12.8. The smallest absolute Gasteiger partial charge is 0.343 e. The van der Waals surface area contributed by atoms with Crippen molar-refractivity contribution in [3.05, 3.63) is 101 Å². The van der Waals surface area contributed by atoms with Gasteiger partial charge in [0.25, 0.3) is 11.8 Å². The maximum Gasteiger partial charge on any atom is 0.343 e. The molecule has 240 valence electrons. The lowest BCUT2D eigenvalue weighted by molar-refractivity contribution is -0.132. The van der Waals surface area contributed by atoms with Gasteiger partial charge in [0, 0.05) is 23.7 Å². The van der Waals surface area contributed by atoms with Crippen LogP contribution in [0.3, 0.4) is 0 Å². The zero-order valence-corrected chi connectivity index (χ0v) is 25.5. The van der Waals surface area contributed by atoms with E-state index in [4.69, 9.17) is 28.4 Å². The second-order valence-corrected chi connectivity index (χ2v) is 9.79. The molecule has 0 unspecified atom stereocenters. The molecule has 1 aliphatic heterocycles. The van der Waals surface area contributed by atoms with E-state index >= 15 is 0 Å². The van der Waals surface area contributed by atoms with E-state index in [0.29, 0.717) is 35.1 Å². The molecular weight excluding hydrogens is 610 g/mol. The summed E-state index contributed by atoms with van der Waals surface area (Å²) in [6, 6.07) is 20.2. The molecule has 4 aromatic carbocycles. The lowest BCUT2D eigenvalue weighted by Gasteiger charge is -2.11. The number of anilines is 1. The highest BCUT2D eigenvalue weighted by Crippen LogP contribution is 2.34. The normalized spacial score (nSPS) is 11.5. The van der Waals surface area contributed by atoms with Gasteiger partial charge in [-0.15, -0.1) is 0 Å². The lowest BCUT2D eigenvalue weighted by atomic mass is 10.1. The van der Waals surface area contributed by atoms with E-state index in [2.05, 4.69) is 15.8 Å². The third-order valence-electron chi connectivity index (χ3n) is 6.52. The Morgan fingerprint density at radius 3 is 2.32 bits per heavy atom. The Balaban J connectivity index is 1.21. The topological polar surface area (TPSA) is 160 Å². The molecule has 0 bridgehead atoms. The van der Waals surface area contributed by atoms with Gasteiger partial charge < -0.3 is 33.7 Å². The van der Waals surface area contributed by atoms with E-state index in [-0.39, 0.29) is 40.7 Å². The summed E-state index contributed by atoms with van der Waals surface area (Å²) >= 11 is 0. The number of benzene rings is 4. The molecule has 0 atom stereocenters. The number of hydrogen-bond donors (Lipinski definition) is 2. The highest BCUT2D eigenvalue weighted by molar-refractivity contribution is 6.05. The Hall–Kier alpha value is -6.37. The highest BCUT2D eigenvalue weighted by atomic mass is 16.7. The summed E-state index contributed by atoms with van der Waals surface area (Å²) in [7, 11) is 1.39. The molecule has 0 aromatic heterocycles. The number of rotatable bonds is 11. The third kappa shape index (κ3) is 8.02. The molecular formula is C34H29N3O10. The number of amides is 2. The summed E-state index contributed by atoms with van der Waals surface area (Å²) in [6.07, 6.45) is 1.41. The molecule has 13 nitrogen and oxygen atoms in total. The van der Waals surface area contributed by atoms with E-state index in [1.165, 1.54) is 44.5 Å². The number of hydrazone groups is 1. The summed E-state index contributed by atoms with van der Waals surface area (Å²) in [5, 5.41) is 6.75. The van der Waals surface area contributed by atoms with Crippen LogP contribution >= 0.6 is 0 Å². The van der Waals surface area contributed by atoms with Crippen molar-refractivity contribution in [2.24, 2.45) is 5.10 Å². The number of fused-ring (bicyclic) bond motifs is 1. The second-order valence-electron chi connectivity index (χ2n) is 9.79. The highest BCUT2D eigenvalue weighted by Gasteiger charge is 2.19. The van der Waals surface area contributed by atoms with Crippen molar-refractivity contribution in [3.8, 4) is 34.5 Å². The fraction of sp³-hybridized carbons (Fsp3) is 0.147. The minimum absolute atomic E-state index is 0.0876. The Labute approximate surface area is 269 Å². The Kier molecular flexibility index (Phi) is 9.96. The number of nitrogens with zero attached hydrogens (tertiary/aromatic N) is 1. The molecule has 1 heterocycles. The van der Waals surface area contributed by atoms with Crippen LogP contribution in [-0.4, -0.2) is 50.5 Å². The van der Waals surface area contributed by atoms with E-state index in [1.54, 1.807) is 61.5 Å². The van der Waals surface area contributed by atoms with Crippen molar-refractivity contribution in [1.82, 2.24) is 5.43 Å². The zero-order valence-electron chi connectivity index (χ0n) is 25.5. The fourth-order valence-electron chi connectivity index (χ4n) is 4.36. The molecule has 1 aliphatic rings. The van der Waals surface area contributed by atoms with E-state index < -0.39 is 23.8 Å². The zero-order chi connectivity index (χ0) is 33.3. The van der Waals surface area contributed by atoms with Crippen molar-refractivity contribution in [2.75, 3.05) is 25.8 Å². The standard InChI is InChI=1S/C34H29N3O10/c1-4-43-30-14-21(8-11-28(30)47-34(41)24-10-12-26-31(17-24)45-19-44-26)18-35-37-33(40)22-6-5-7-25(15-22)36-32(39)23-9-13-27(46-20(2)38)29(16-23)42-3/h5-18H,4,19H2,1-3H3,(H,36,39)(H,37,40). The predicted molar refractivity (Wildman–Crippen MR) is 169 cm³/mol. The van der Waals surface area contributed by atoms with Gasteiger partial charge in [-0.1, -0.05) is 6.07 Å². The maximum atomic E-state index is 12.8. The van der Waals surface area contributed by atoms with Crippen LogP contribution < -0.4 is 39.2 Å². The van der Waals surface area contributed by atoms with E-state index in [9.17, 15) is 19.2 Å². The van der Waals surface area contributed by atoms with Gasteiger partial charge in [-0.05, 0) is 85.3 Å². The second kappa shape index (κ2) is 14.6. The van der Waals surface area contributed by atoms with Crippen molar-refractivity contribution in [2.45, 2.75) is 13.8 Å². The van der Waals surface area contributed by atoms with Crippen LogP contribution in [0.25, 0.3) is 0 Å². The molecule has 0 saturated heterocycles. The largest absolute Gasteiger partial charge is 0.493 e. The van der Waals surface area contributed by atoms with Crippen LogP contribution in [0.4, 0.5) is 5.69 Å². The van der Waals surface area contributed by atoms with Crippen molar-refractivity contribution < 1.29 is 47.6 Å². The number of hydrogen-bond acceptors (Lipinski definition) is 11. The van der Waals surface area contributed by atoms with Crippen molar-refractivity contribution >= 4 is 35.7 Å². The molecule has 13 heteroatoms. The van der Waals surface area contributed by atoms with Gasteiger partial charge in [-0.3, -0.25) is 14.4 Å². The number of nitrogens with one attached hydrogen (secondary N) is 2. The Morgan fingerprint density at radius 2 is 1.53 bits per heavy atom. The summed E-state index contributed by atoms with van der Waals surface area (Å²) < 4.78 is 32.1. The lowest BCUT2D eigenvalue weighted by Crippen LogP contribution is -2.18. The minimum atomic E-state index is -0.603. The Bertz CT molecular complexity index is 1870. The molecule has 0 spiro atoms. The van der Waals surface area contributed by atoms with Gasteiger partial charge in [0.2, 0.25) is 6.79 Å². The molecule has 4 aromatic rings. The molecule has 47 heavy (non-hydrogen) atoms. The first-order valence-corrected chi connectivity index (χ1v) is 14.2. The van der Waals surface area contributed by atoms with Gasteiger partial charge in [0.15, 0.2) is 34.5 Å². The average molecular weight is 640 g/mol. The molecule has 2 amide bonds. The molecule has 2 N–H and O–H groups in total. The monoisotopic (exact) mass is 639 g/mol. The number of ether oxygens (including phenoxy) is 6. The molecule has 0 aliphatic carbocycles. The van der Waals surface area contributed by atoms with Gasteiger partial charge in [-0.2, -0.15) is 5.10 Å². The van der Waals surface area contributed by atoms with Crippen molar-refractivity contribution in [1.29, 1.82) is 0 Å². The summed E-state index contributed by atoms with van der Waals surface area (Å²) in [5.41, 5.74) is 4.14. The van der Waals surface area contributed by atoms with Gasteiger partial charge >= 0.3 is 11.9 Å². The summed E-state index contributed by atoms with van der Waals surface area (Å²) in [4.78, 5) is 49.7. The first kappa shape index (κ1) is 32.0. The van der Waals surface area contributed by atoms with E-state index in [0.717, 1.165) is 0 Å². The van der Waals surface area contributed by atoms with Crippen LogP contribution in [0.5, 0.6) is 34.5 Å². The van der Waals surface area contributed by atoms with Gasteiger partial charge in [0.05, 0.1) is 25.5 Å². The van der Waals surface area contributed by atoms with Crippen LogP contribution in [-0.2, 0) is 4.79 Å². The quantitative estimate of drug-likeness (QED) is 0.0991. The minimum Gasteiger partial charge on any atom is -0.493 e. The van der Waals surface area contributed by atoms with Crippen LogP contribution in [0.1, 0.15) is 50.5 Å². The van der Waals surface area contributed by atoms with Crippen molar-refractivity contribution in [3.63, 3.8) is 0 Å². The molecule has 0 fully saturated rings. The number of carbonyl (C=O) groups excluding carboxylic acids is 4. The average Bonchev–Trinajstić information content (AvgIpc) is 3.54. The first-order valence-electron chi connectivity index (χ1n) is 14.2. The summed E-state index contributed by atoms with van der Waals surface area (Å²) in [5.74, 6) is -0.210. The molecule has 0 saturated carbocycles. The SMILES string of the molecule is CCOc1cc(C=NNC(=O)c2cccc(NC(=O)c3ccc(OC(C)=O)c(OC)c3)c2)ccc1OC(=O)c1ccc2c(c1)OCO2. The molecule has 0 radical (unpaired) electrons. The van der Waals surface area contributed by atoms with Gasteiger partial charge in [-0.25, -0.2) is 10.2 Å². The summed E-state index contributed by atoms with van der Waals surface area (Å²) in [6.45, 7) is 3.45. The van der Waals surface area contributed by atoms with Crippen LogP contribution in [0, 0.1) is 0 Å². The third-order valence-corrected chi connectivity index (χ3v) is 6.52. The van der Waals surface area contributed by atoms with Crippen LogP contribution in [0.2, 0.25) is 0 Å². The van der Waals surface area contributed by atoms with E-state index in [1.807, 2.05) is 0 Å². The number of carbonyl (C=O) groups is 4. The molecule has 5 rings (SSSR count). The number of methoxy groups -OCH3 is 1. The Morgan fingerprint density at radius 1 is 0.787 bits per heavy atom. The predicted octanol–water partition coefficient (Wildman–Crippen LogP) is 4.98. The fourth-order valence-corrected chi connectivity index (χ4v) is 4.36. The van der Waals surface area contributed by atoms with Crippen LogP contribution in [0.15, 0.2) is 84.0 Å². The first-order chi connectivity index (χ1) is 22.7. The van der Waals surface area contributed by atoms with Gasteiger partial charge in [0.1, 0.15) is 0 Å².